The van der Waals surface area contributed by atoms with Crippen molar-refractivity contribution in [3.05, 3.63) is 60.2 Å². The fraction of sp³-hybridized carbons (Fsp3) is 0.417. The summed E-state index contributed by atoms with van der Waals surface area (Å²) in [4.78, 5) is 57.8. The molecular weight excluding hydrogens is 465 g/mol. The minimum Gasteiger partial charge on any atom is -0.507 e. The highest BCUT2D eigenvalue weighted by atomic mass is 16.6. The van der Waals surface area contributed by atoms with E-state index in [2.05, 4.69) is 25.9 Å². The molecule has 0 aliphatic heterocycles. The molecule has 12 heteroatoms. The molecule has 3 atom stereocenters. The SMILES string of the molecule is CN[C@@H](C(C)=O)C(=O)OB(O)[C@H](CC(C)C)NC(=O)[C@H](Cc1ccccc1)NC(=O)c1cnccn1. The third kappa shape index (κ3) is 8.86. The van der Waals surface area contributed by atoms with Crippen LogP contribution in [0, 0.1) is 5.92 Å². The van der Waals surface area contributed by atoms with Gasteiger partial charge in [-0.25, -0.2) is 4.98 Å². The van der Waals surface area contributed by atoms with E-state index < -0.39 is 48.7 Å². The molecule has 0 aliphatic carbocycles. The Kier molecular flexibility index (Phi) is 11.2. The summed E-state index contributed by atoms with van der Waals surface area (Å²) in [6, 6.07) is 6.82. The molecule has 0 unspecified atom stereocenters. The van der Waals surface area contributed by atoms with Gasteiger partial charge in [-0.15, -0.1) is 0 Å². The molecule has 36 heavy (non-hydrogen) atoms. The third-order valence-corrected chi connectivity index (χ3v) is 5.27. The van der Waals surface area contributed by atoms with Crippen LogP contribution in [-0.2, 0) is 25.5 Å². The molecule has 0 aliphatic rings. The lowest BCUT2D eigenvalue weighted by Crippen LogP contribution is -2.57. The van der Waals surface area contributed by atoms with Gasteiger partial charge in [0.15, 0.2) is 11.8 Å². The Morgan fingerprint density at radius 1 is 1.08 bits per heavy atom. The van der Waals surface area contributed by atoms with Gasteiger partial charge >= 0.3 is 13.1 Å². The zero-order valence-electron chi connectivity index (χ0n) is 20.8. The number of nitrogens with one attached hydrogen (secondary N) is 3. The number of carbonyl (C=O) groups is 4. The quantitative estimate of drug-likeness (QED) is 0.222. The number of nitrogens with zero attached hydrogens (tertiary/aromatic N) is 2. The highest BCUT2D eigenvalue weighted by Gasteiger charge is 2.37. The Labute approximate surface area is 210 Å². The minimum absolute atomic E-state index is 0.0123. The van der Waals surface area contributed by atoms with Crippen molar-refractivity contribution in [3.63, 3.8) is 0 Å². The van der Waals surface area contributed by atoms with Crippen molar-refractivity contribution in [1.29, 1.82) is 0 Å². The average molecular weight is 497 g/mol. The summed E-state index contributed by atoms with van der Waals surface area (Å²) in [5.74, 6) is -3.60. The number of Topliss-reactive ketones (excluding diaryl/α,β-unsaturated/α-hetero) is 1. The summed E-state index contributed by atoms with van der Waals surface area (Å²) < 4.78 is 5.09. The lowest BCUT2D eigenvalue weighted by molar-refractivity contribution is -0.142. The minimum atomic E-state index is -1.72. The maximum atomic E-state index is 13.3. The van der Waals surface area contributed by atoms with Gasteiger partial charge in [-0.05, 0) is 31.9 Å². The van der Waals surface area contributed by atoms with Gasteiger partial charge < -0.3 is 25.6 Å². The molecule has 4 N–H and O–H groups in total. The number of hydrogen-bond acceptors (Lipinski definition) is 9. The number of hydrogen-bond donors (Lipinski definition) is 4. The Bertz CT molecular complexity index is 1020. The first-order valence-corrected chi connectivity index (χ1v) is 11.6. The normalized spacial score (nSPS) is 13.3. The molecule has 1 aromatic carbocycles. The van der Waals surface area contributed by atoms with E-state index in [9.17, 15) is 24.2 Å². The summed E-state index contributed by atoms with van der Waals surface area (Å²) in [7, 11) is -0.298. The first-order chi connectivity index (χ1) is 17.1. The Morgan fingerprint density at radius 3 is 2.33 bits per heavy atom. The van der Waals surface area contributed by atoms with Crippen LogP contribution in [0.15, 0.2) is 48.9 Å². The summed E-state index contributed by atoms with van der Waals surface area (Å²) in [6.45, 7) is 4.96. The molecule has 0 saturated heterocycles. The molecule has 2 rings (SSSR count). The molecule has 1 heterocycles. The zero-order chi connectivity index (χ0) is 26.7. The summed E-state index contributed by atoms with van der Waals surface area (Å²) in [5.41, 5.74) is 0.834. The summed E-state index contributed by atoms with van der Waals surface area (Å²) in [6.07, 6.45) is 4.50. The predicted octanol–water partition coefficient (Wildman–Crippen LogP) is 0.0885. The third-order valence-electron chi connectivity index (χ3n) is 5.27. The lowest BCUT2D eigenvalue weighted by atomic mass is 9.74. The standard InChI is InChI=1S/C24H32BN5O6/c1-15(2)12-20(25(35)36-24(34)21(26-4)16(3)31)30-22(32)18(13-17-8-6-5-7-9-17)29-23(33)19-14-27-10-11-28-19/h5-11,14-15,18,20-21,26,35H,12-13H2,1-4H3,(H,29,33)(H,30,32)/t18-,20-,21-/m0/s1. The fourth-order valence-electron chi connectivity index (χ4n) is 3.50. The van der Waals surface area contributed by atoms with Gasteiger partial charge in [0, 0.05) is 18.8 Å². The second-order valence-electron chi connectivity index (χ2n) is 8.71. The molecule has 1 aromatic heterocycles. The van der Waals surface area contributed by atoms with E-state index in [1.165, 1.54) is 32.6 Å². The van der Waals surface area contributed by atoms with E-state index in [-0.39, 0.29) is 24.5 Å². The highest BCUT2D eigenvalue weighted by molar-refractivity contribution is 6.48. The number of benzene rings is 1. The van der Waals surface area contributed by atoms with Gasteiger partial charge in [0.25, 0.3) is 5.91 Å². The van der Waals surface area contributed by atoms with E-state index in [1.54, 1.807) is 0 Å². The monoisotopic (exact) mass is 497 g/mol. The van der Waals surface area contributed by atoms with Crippen molar-refractivity contribution in [2.24, 2.45) is 5.92 Å². The summed E-state index contributed by atoms with van der Waals surface area (Å²) >= 11 is 0. The maximum absolute atomic E-state index is 13.3. The van der Waals surface area contributed by atoms with Crippen molar-refractivity contribution in [2.75, 3.05) is 7.05 Å². The average Bonchev–Trinajstić information content (AvgIpc) is 2.84. The molecule has 0 bridgehead atoms. The van der Waals surface area contributed by atoms with Crippen LogP contribution in [0.2, 0.25) is 0 Å². The zero-order valence-corrected chi connectivity index (χ0v) is 20.8. The van der Waals surface area contributed by atoms with Crippen molar-refractivity contribution < 1.29 is 28.9 Å². The molecule has 0 spiro atoms. The number of ketones is 1. The van der Waals surface area contributed by atoms with E-state index >= 15 is 0 Å². The first kappa shape index (κ1) is 28.6. The second kappa shape index (κ2) is 14.1. The maximum Gasteiger partial charge on any atom is 0.548 e. The number of amides is 2. The van der Waals surface area contributed by atoms with Crippen LogP contribution in [-0.4, -0.2) is 70.7 Å². The van der Waals surface area contributed by atoms with Crippen LogP contribution in [0.4, 0.5) is 0 Å². The first-order valence-electron chi connectivity index (χ1n) is 11.6. The molecule has 0 radical (unpaired) electrons. The topological polar surface area (TPSA) is 160 Å². The van der Waals surface area contributed by atoms with Gasteiger partial charge in [0.05, 0.1) is 12.1 Å². The summed E-state index contributed by atoms with van der Waals surface area (Å²) in [5, 5.41) is 18.5. The Morgan fingerprint density at radius 2 is 1.78 bits per heavy atom. The Hall–Kier alpha value is -3.64. The van der Waals surface area contributed by atoms with Gasteiger partial charge in [-0.1, -0.05) is 44.2 Å². The van der Waals surface area contributed by atoms with Crippen molar-refractivity contribution in [3.8, 4) is 0 Å². The Balaban J connectivity index is 2.21. The van der Waals surface area contributed by atoms with Gasteiger partial charge in [-0.2, -0.15) is 0 Å². The molecule has 11 nitrogen and oxygen atoms in total. The predicted molar refractivity (Wildman–Crippen MR) is 132 cm³/mol. The number of likely N-dealkylation sites (N-methyl/N-ethyl adjacent to an activating group) is 1. The van der Waals surface area contributed by atoms with E-state index in [4.69, 9.17) is 4.65 Å². The van der Waals surface area contributed by atoms with E-state index in [0.717, 1.165) is 5.56 Å². The van der Waals surface area contributed by atoms with Crippen LogP contribution < -0.4 is 16.0 Å². The molecule has 0 saturated carbocycles. The molecule has 192 valence electrons. The van der Waals surface area contributed by atoms with Crippen molar-refractivity contribution >= 4 is 30.7 Å². The lowest BCUT2D eigenvalue weighted by Gasteiger charge is -2.26. The van der Waals surface area contributed by atoms with E-state index in [1.807, 2.05) is 44.2 Å². The van der Waals surface area contributed by atoms with Gasteiger partial charge in [-0.3, -0.25) is 24.2 Å². The van der Waals surface area contributed by atoms with Crippen molar-refractivity contribution in [1.82, 2.24) is 25.9 Å². The smallest absolute Gasteiger partial charge is 0.507 e. The molecule has 2 amide bonds. The second-order valence-corrected chi connectivity index (χ2v) is 8.71. The largest absolute Gasteiger partial charge is 0.548 e. The number of rotatable bonds is 13. The highest BCUT2D eigenvalue weighted by Crippen LogP contribution is 2.11. The van der Waals surface area contributed by atoms with Crippen LogP contribution in [0.25, 0.3) is 0 Å². The van der Waals surface area contributed by atoms with Crippen LogP contribution in [0.3, 0.4) is 0 Å². The number of aromatic nitrogens is 2. The molecule has 2 aromatic rings. The van der Waals surface area contributed by atoms with Gasteiger partial charge in [0.1, 0.15) is 11.7 Å². The van der Waals surface area contributed by atoms with E-state index in [0.29, 0.717) is 0 Å². The van der Waals surface area contributed by atoms with Crippen molar-refractivity contribution in [2.45, 2.75) is 51.6 Å². The number of carbonyl (C=O) groups excluding carboxylic acids is 4. The fourth-order valence-corrected chi connectivity index (χ4v) is 3.50. The molecular formula is C24H32BN5O6. The van der Waals surface area contributed by atoms with Crippen LogP contribution >= 0.6 is 0 Å². The molecule has 0 fully saturated rings. The van der Waals surface area contributed by atoms with Gasteiger partial charge in [0.2, 0.25) is 5.91 Å². The van der Waals surface area contributed by atoms with Crippen LogP contribution in [0.1, 0.15) is 43.2 Å². The van der Waals surface area contributed by atoms with Crippen LogP contribution in [0.5, 0.6) is 0 Å².